The van der Waals surface area contributed by atoms with Gasteiger partial charge in [-0.25, -0.2) is 0 Å². The summed E-state index contributed by atoms with van der Waals surface area (Å²) in [5, 5.41) is 11.2. The van der Waals surface area contributed by atoms with Crippen molar-refractivity contribution in [3.05, 3.63) is 56.0 Å². The molecule has 0 aliphatic carbocycles. The second-order valence-electron chi connectivity index (χ2n) is 4.93. The third kappa shape index (κ3) is 3.48. The highest BCUT2D eigenvalue weighted by Crippen LogP contribution is 2.25. The minimum Gasteiger partial charge on any atom is -0.395 e. The average molecular weight is 382 g/mol. The number of carbonyl (C=O) groups is 1. The van der Waals surface area contributed by atoms with Crippen molar-refractivity contribution < 1.29 is 18.9 Å². The summed E-state index contributed by atoms with van der Waals surface area (Å²) < 4.78 is 12.6. The Balaban J connectivity index is 2.09. The van der Waals surface area contributed by atoms with E-state index in [1.54, 1.807) is 17.7 Å². The van der Waals surface area contributed by atoms with Crippen LogP contribution in [0.2, 0.25) is 5.02 Å². The van der Waals surface area contributed by atoms with Crippen LogP contribution in [0.4, 0.5) is 5.88 Å². The molecule has 0 saturated carbocycles. The molecule has 3 aromatic rings. The number of methoxy groups -OCH3 is 1. The molecule has 3 rings (SSSR count). The fourth-order valence-corrected chi connectivity index (χ4v) is 3.66. The number of rotatable bonds is 5. The van der Waals surface area contributed by atoms with Gasteiger partial charge in [-0.2, -0.15) is 4.99 Å². The summed E-state index contributed by atoms with van der Waals surface area (Å²) in [7, 11) is 1.57. The Morgan fingerprint density at radius 3 is 2.92 bits per heavy atom. The number of hydrogen-bond donors (Lipinski definition) is 0. The Morgan fingerprint density at radius 1 is 1.44 bits per heavy atom. The van der Waals surface area contributed by atoms with Gasteiger partial charge < -0.3 is 13.7 Å². The van der Waals surface area contributed by atoms with E-state index in [2.05, 4.69) is 4.99 Å². The van der Waals surface area contributed by atoms with Crippen LogP contribution >= 0.6 is 22.9 Å². The number of fused-ring (bicyclic) bond motifs is 1. The number of nitro groups is 1. The molecular weight excluding hydrogens is 370 g/mol. The minimum absolute atomic E-state index is 0.200. The highest BCUT2D eigenvalue weighted by molar-refractivity contribution is 7.16. The Kier molecular flexibility index (Phi) is 4.98. The van der Waals surface area contributed by atoms with Gasteiger partial charge in [0.1, 0.15) is 4.92 Å². The maximum Gasteiger partial charge on any atom is 0.433 e. The maximum absolute atomic E-state index is 12.3. The van der Waals surface area contributed by atoms with Gasteiger partial charge in [0.05, 0.1) is 27.9 Å². The number of halogens is 1. The molecule has 0 N–H and O–H groups in total. The number of furan rings is 1. The van der Waals surface area contributed by atoms with E-state index in [0.717, 1.165) is 16.3 Å². The molecule has 1 amide bonds. The largest absolute Gasteiger partial charge is 0.433 e. The van der Waals surface area contributed by atoms with Gasteiger partial charge in [-0.05, 0) is 18.2 Å². The molecule has 0 bridgehead atoms. The topological polar surface area (TPSA) is 99.9 Å². The Hall–Kier alpha value is -2.49. The quantitative estimate of drug-likeness (QED) is 0.499. The second-order valence-corrected chi connectivity index (χ2v) is 6.34. The normalized spacial score (nSPS) is 12.0. The van der Waals surface area contributed by atoms with Crippen LogP contribution in [0.1, 0.15) is 10.6 Å². The molecule has 1 aromatic carbocycles. The van der Waals surface area contributed by atoms with Crippen molar-refractivity contribution >= 4 is 44.9 Å². The van der Waals surface area contributed by atoms with Crippen LogP contribution in [0.15, 0.2) is 39.7 Å². The lowest BCUT2D eigenvalue weighted by molar-refractivity contribution is -0.402. The fraction of sp³-hybridized carbons (Fsp3) is 0.200. The van der Waals surface area contributed by atoms with E-state index in [-0.39, 0.29) is 5.76 Å². The first kappa shape index (κ1) is 17.3. The summed E-state index contributed by atoms with van der Waals surface area (Å²) in [6.45, 7) is 0.856. The van der Waals surface area contributed by atoms with Crippen molar-refractivity contribution in [3.8, 4) is 0 Å². The van der Waals surface area contributed by atoms with Crippen molar-refractivity contribution in [1.82, 2.24) is 4.57 Å². The minimum atomic E-state index is -0.714. The predicted molar refractivity (Wildman–Crippen MR) is 92.0 cm³/mol. The summed E-state index contributed by atoms with van der Waals surface area (Å²) >= 11 is 7.56. The summed E-state index contributed by atoms with van der Waals surface area (Å²) in [4.78, 5) is 26.7. The van der Waals surface area contributed by atoms with Crippen LogP contribution in [0.5, 0.6) is 0 Å². The number of thiazole rings is 1. The SMILES string of the molecule is COCCn1c(=NC(=O)c2ccc([N+](=O)[O-])o2)sc2cccc(Cl)c21. The summed E-state index contributed by atoms with van der Waals surface area (Å²) in [5.74, 6) is -1.42. The number of para-hydroxylation sites is 1. The number of benzene rings is 1. The molecule has 8 nitrogen and oxygen atoms in total. The Morgan fingerprint density at radius 2 is 2.24 bits per heavy atom. The summed E-state index contributed by atoms with van der Waals surface area (Å²) in [6, 6.07) is 7.77. The van der Waals surface area contributed by atoms with Crippen LogP contribution in [0.25, 0.3) is 10.2 Å². The molecule has 0 saturated heterocycles. The van der Waals surface area contributed by atoms with E-state index >= 15 is 0 Å². The first-order chi connectivity index (χ1) is 12.0. The van der Waals surface area contributed by atoms with Crippen LogP contribution in [0, 0.1) is 10.1 Å². The standard InChI is InChI=1S/C15H12ClN3O5S/c1-23-8-7-18-13-9(16)3-2-4-11(13)25-15(18)17-14(20)10-5-6-12(24-10)19(21)22/h2-6H,7-8H2,1H3. The predicted octanol–water partition coefficient (Wildman–Crippen LogP) is 3.24. The molecule has 130 valence electrons. The van der Waals surface area contributed by atoms with E-state index in [4.69, 9.17) is 20.8 Å². The molecule has 0 unspecified atom stereocenters. The molecule has 0 spiro atoms. The van der Waals surface area contributed by atoms with Crippen molar-refractivity contribution in [2.45, 2.75) is 6.54 Å². The van der Waals surface area contributed by atoms with Gasteiger partial charge in [0.25, 0.3) is 0 Å². The molecule has 0 radical (unpaired) electrons. The summed E-state index contributed by atoms with van der Waals surface area (Å²) in [6.07, 6.45) is 0. The van der Waals surface area contributed by atoms with Gasteiger partial charge in [-0.15, -0.1) is 0 Å². The highest BCUT2D eigenvalue weighted by atomic mass is 35.5. The average Bonchev–Trinajstić information content (AvgIpc) is 3.18. The van der Waals surface area contributed by atoms with Gasteiger partial charge in [0, 0.05) is 13.7 Å². The van der Waals surface area contributed by atoms with Crippen molar-refractivity contribution in [3.63, 3.8) is 0 Å². The van der Waals surface area contributed by atoms with E-state index in [0.29, 0.717) is 23.0 Å². The van der Waals surface area contributed by atoms with E-state index in [1.807, 2.05) is 12.1 Å². The van der Waals surface area contributed by atoms with Gasteiger partial charge in [0.15, 0.2) is 4.80 Å². The van der Waals surface area contributed by atoms with Crippen molar-refractivity contribution in [2.24, 2.45) is 4.99 Å². The van der Waals surface area contributed by atoms with E-state index < -0.39 is 16.7 Å². The number of nitrogens with zero attached hydrogens (tertiary/aromatic N) is 3. The van der Waals surface area contributed by atoms with Gasteiger partial charge in [-0.3, -0.25) is 14.9 Å². The first-order valence-corrected chi connectivity index (χ1v) is 8.31. The maximum atomic E-state index is 12.3. The lowest BCUT2D eigenvalue weighted by Gasteiger charge is -2.05. The van der Waals surface area contributed by atoms with Crippen molar-refractivity contribution in [1.29, 1.82) is 0 Å². The van der Waals surface area contributed by atoms with Gasteiger partial charge >= 0.3 is 11.8 Å². The van der Waals surface area contributed by atoms with Crippen LogP contribution < -0.4 is 4.80 Å². The Labute approximate surface area is 150 Å². The number of amides is 1. The second kappa shape index (κ2) is 7.18. The summed E-state index contributed by atoms with van der Waals surface area (Å²) in [5.41, 5.74) is 0.753. The number of carbonyl (C=O) groups excluding carboxylic acids is 1. The van der Waals surface area contributed by atoms with Crippen molar-refractivity contribution in [2.75, 3.05) is 13.7 Å². The monoisotopic (exact) mass is 381 g/mol. The van der Waals surface area contributed by atoms with Crippen LogP contribution in [-0.4, -0.2) is 29.1 Å². The number of hydrogen-bond acceptors (Lipinski definition) is 6. The van der Waals surface area contributed by atoms with Gasteiger partial charge in [0.2, 0.25) is 5.76 Å². The molecule has 0 aliphatic heterocycles. The fourth-order valence-electron chi connectivity index (χ4n) is 2.24. The van der Waals surface area contributed by atoms with E-state index in [9.17, 15) is 14.9 Å². The first-order valence-electron chi connectivity index (χ1n) is 7.11. The smallest absolute Gasteiger partial charge is 0.395 e. The molecule has 2 aromatic heterocycles. The lowest BCUT2D eigenvalue weighted by Crippen LogP contribution is -2.19. The highest BCUT2D eigenvalue weighted by Gasteiger charge is 2.18. The number of ether oxygens (including phenoxy) is 1. The molecule has 25 heavy (non-hydrogen) atoms. The zero-order chi connectivity index (χ0) is 18.0. The Bertz CT molecular complexity index is 1020. The molecule has 0 atom stereocenters. The molecule has 0 aliphatic rings. The zero-order valence-electron chi connectivity index (χ0n) is 13.0. The molecule has 0 fully saturated rings. The third-order valence-corrected chi connectivity index (χ3v) is 4.70. The molecular formula is C15H12ClN3O5S. The third-order valence-electron chi connectivity index (χ3n) is 3.35. The zero-order valence-corrected chi connectivity index (χ0v) is 14.5. The van der Waals surface area contributed by atoms with Crippen LogP contribution in [-0.2, 0) is 11.3 Å². The molecule has 10 heteroatoms. The molecule has 2 heterocycles. The van der Waals surface area contributed by atoms with Crippen LogP contribution in [0.3, 0.4) is 0 Å². The van der Waals surface area contributed by atoms with E-state index in [1.165, 1.54) is 17.4 Å². The van der Waals surface area contributed by atoms with Gasteiger partial charge in [-0.1, -0.05) is 29.0 Å². The lowest BCUT2D eigenvalue weighted by atomic mass is 10.3. The number of aromatic nitrogens is 1.